The third-order valence-corrected chi connectivity index (χ3v) is 4.37. The van der Waals surface area contributed by atoms with Gasteiger partial charge >= 0.3 is 0 Å². The van der Waals surface area contributed by atoms with Crippen molar-refractivity contribution in [2.75, 3.05) is 0 Å². The Morgan fingerprint density at radius 1 is 1.19 bits per heavy atom. The van der Waals surface area contributed by atoms with E-state index in [1.165, 1.54) is 6.07 Å². The highest BCUT2D eigenvalue weighted by molar-refractivity contribution is 5.77. The van der Waals surface area contributed by atoms with E-state index in [2.05, 4.69) is 15.3 Å². The molecule has 2 aromatic carbocycles. The molecule has 0 spiro atoms. The van der Waals surface area contributed by atoms with E-state index in [9.17, 15) is 14.0 Å². The molecule has 6 heteroatoms. The van der Waals surface area contributed by atoms with Crippen LogP contribution < -0.4 is 10.9 Å². The van der Waals surface area contributed by atoms with Crippen LogP contribution in [0, 0.1) is 5.82 Å². The third-order valence-electron chi connectivity index (χ3n) is 4.37. The minimum Gasteiger partial charge on any atom is -0.353 e. The second-order valence-corrected chi connectivity index (χ2v) is 6.65. The van der Waals surface area contributed by atoms with Crippen LogP contribution in [-0.2, 0) is 17.6 Å². The smallest absolute Gasteiger partial charge is 0.258 e. The van der Waals surface area contributed by atoms with Crippen LogP contribution >= 0.6 is 0 Å². The minimum absolute atomic E-state index is 0.0954. The fourth-order valence-electron chi connectivity index (χ4n) is 3.06. The number of amides is 1. The number of carbonyl (C=O) groups is 1. The molecule has 1 amide bonds. The van der Waals surface area contributed by atoms with Crippen molar-refractivity contribution in [1.29, 1.82) is 0 Å². The van der Waals surface area contributed by atoms with Gasteiger partial charge in [-0.3, -0.25) is 9.59 Å². The number of nitrogens with one attached hydrogen (secondary N) is 2. The first-order chi connectivity index (χ1) is 13.0. The van der Waals surface area contributed by atoms with Crippen molar-refractivity contribution < 1.29 is 9.18 Å². The first-order valence-electron chi connectivity index (χ1n) is 9.03. The zero-order valence-corrected chi connectivity index (χ0v) is 15.2. The van der Waals surface area contributed by atoms with Gasteiger partial charge in [0, 0.05) is 18.9 Å². The molecule has 3 rings (SSSR count). The molecule has 0 fully saturated rings. The van der Waals surface area contributed by atoms with Crippen molar-refractivity contribution >= 4 is 16.8 Å². The van der Waals surface area contributed by atoms with Gasteiger partial charge in [-0.2, -0.15) is 0 Å². The standard InChI is InChI=1S/C21H22FN3O2/c1-14(13-15-7-2-4-9-17(15)22)23-20(26)12-6-11-19-24-18-10-5-3-8-16(18)21(27)25-19/h2-5,7-10,14H,6,11-13H2,1H3,(H,23,26)(H,24,25,27). The highest BCUT2D eigenvalue weighted by Gasteiger charge is 2.11. The van der Waals surface area contributed by atoms with Crippen molar-refractivity contribution in [3.8, 4) is 0 Å². The number of rotatable bonds is 7. The van der Waals surface area contributed by atoms with Gasteiger partial charge in [-0.1, -0.05) is 30.3 Å². The predicted octanol–water partition coefficient (Wildman–Crippen LogP) is 3.13. The van der Waals surface area contributed by atoms with E-state index in [0.717, 1.165) is 0 Å². The Balaban J connectivity index is 1.49. The molecule has 0 aliphatic rings. The fourth-order valence-corrected chi connectivity index (χ4v) is 3.06. The SMILES string of the molecule is CC(Cc1ccccc1F)NC(=O)CCCc1nc2ccccc2c(=O)[nH]1. The Morgan fingerprint density at radius 2 is 1.93 bits per heavy atom. The van der Waals surface area contributed by atoms with Crippen LogP contribution in [0.5, 0.6) is 0 Å². The number of H-pyrrole nitrogens is 1. The Bertz CT molecular complexity index is 1000. The average Bonchev–Trinajstić information content (AvgIpc) is 2.63. The van der Waals surface area contributed by atoms with E-state index in [1.807, 2.05) is 13.0 Å². The van der Waals surface area contributed by atoms with E-state index in [0.29, 0.717) is 48.0 Å². The summed E-state index contributed by atoms with van der Waals surface area (Å²) in [4.78, 5) is 31.3. The summed E-state index contributed by atoms with van der Waals surface area (Å²) in [7, 11) is 0. The lowest BCUT2D eigenvalue weighted by molar-refractivity contribution is -0.121. The molecule has 0 radical (unpaired) electrons. The van der Waals surface area contributed by atoms with Gasteiger partial charge in [0.25, 0.3) is 5.56 Å². The molecule has 0 saturated heterocycles. The Morgan fingerprint density at radius 3 is 2.74 bits per heavy atom. The quantitative estimate of drug-likeness (QED) is 0.674. The number of aromatic nitrogens is 2. The molecule has 5 nitrogen and oxygen atoms in total. The molecule has 1 unspecified atom stereocenters. The van der Waals surface area contributed by atoms with Gasteiger partial charge in [0.15, 0.2) is 0 Å². The van der Waals surface area contributed by atoms with Gasteiger partial charge in [0.1, 0.15) is 11.6 Å². The van der Waals surface area contributed by atoms with E-state index >= 15 is 0 Å². The van der Waals surface area contributed by atoms with Crippen molar-refractivity contribution in [2.45, 2.75) is 38.6 Å². The van der Waals surface area contributed by atoms with E-state index in [4.69, 9.17) is 0 Å². The molecule has 1 aromatic heterocycles. The van der Waals surface area contributed by atoms with Crippen LogP contribution in [0.25, 0.3) is 10.9 Å². The lowest BCUT2D eigenvalue weighted by atomic mass is 10.1. The van der Waals surface area contributed by atoms with Crippen LogP contribution in [0.15, 0.2) is 53.3 Å². The average molecular weight is 367 g/mol. The normalized spacial score (nSPS) is 12.1. The summed E-state index contributed by atoms with van der Waals surface area (Å²) >= 11 is 0. The molecule has 0 aliphatic heterocycles. The summed E-state index contributed by atoms with van der Waals surface area (Å²) in [5.74, 6) is 0.220. The van der Waals surface area contributed by atoms with Crippen LogP contribution in [0.4, 0.5) is 4.39 Å². The van der Waals surface area contributed by atoms with E-state index in [-0.39, 0.29) is 23.3 Å². The van der Waals surface area contributed by atoms with Gasteiger partial charge in [0.05, 0.1) is 10.9 Å². The summed E-state index contributed by atoms with van der Waals surface area (Å²) in [6, 6.07) is 13.6. The van der Waals surface area contributed by atoms with Gasteiger partial charge < -0.3 is 10.3 Å². The molecule has 0 saturated carbocycles. The summed E-state index contributed by atoms with van der Waals surface area (Å²) < 4.78 is 13.7. The summed E-state index contributed by atoms with van der Waals surface area (Å²) in [5.41, 5.74) is 1.07. The molecule has 1 heterocycles. The van der Waals surface area contributed by atoms with Gasteiger partial charge in [-0.25, -0.2) is 9.37 Å². The lowest BCUT2D eigenvalue weighted by Crippen LogP contribution is -2.34. The second-order valence-electron chi connectivity index (χ2n) is 6.65. The number of para-hydroxylation sites is 1. The molecule has 3 aromatic rings. The zero-order chi connectivity index (χ0) is 19.2. The molecule has 140 valence electrons. The summed E-state index contributed by atoms with van der Waals surface area (Å²) in [5, 5.41) is 3.44. The maximum absolute atomic E-state index is 13.7. The maximum Gasteiger partial charge on any atom is 0.258 e. The lowest BCUT2D eigenvalue weighted by Gasteiger charge is -2.14. The van der Waals surface area contributed by atoms with Crippen LogP contribution in [0.3, 0.4) is 0 Å². The number of nitrogens with zero attached hydrogens (tertiary/aromatic N) is 1. The number of fused-ring (bicyclic) bond motifs is 1. The largest absolute Gasteiger partial charge is 0.353 e. The number of hydrogen-bond donors (Lipinski definition) is 2. The van der Waals surface area contributed by atoms with Crippen molar-refractivity contribution in [3.63, 3.8) is 0 Å². The van der Waals surface area contributed by atoms with Gasteiger partial charge in [-0.05, 0) is 43.5 Å². The van der Waals surface area contributed by atoms with E-state index < -0.39 is 0 Å². The van der Waals surface area contributed by atoms with Gasteiger partial charge in [-0.15, -0.1) is 0 Å². The Kier molecular flexibility index (Phi) is 5.96. The highest BCUT2D eigenvalue weighted by Crippen LogP contribution is 2.10. The van der Waals surface area contributed by atoms with Crippen molar-refractivity contribution in [1.82, 2.24) is 15.3 Å². The van der Waals surface area contributed by atoms with Crippen molar-refractivity contribution in [3.05, 3.63) is 76.1 Å². The zero-order valence-electron chi connectivity index (χ0n) is 15.2. The molecule has 27 heavy (non-hydrogen) atoms. The second kappa shape index (κ2) is 8.58. The number of carbonyl (C=O) groups excluding carboxylic acids is 1. The minimum atomic E-state index is -0.259. The first kappa shape index (κ1) is 18.8. The Hall–Kier alpha value is -3.02. The molecule has 1 atom stereocenters. The molecule has 2 N–H and O–H groups in total. The molecule has 0 aliphatic carbocycles. The Labute approximate surface area is 156 Å². The number of benzene rings is 2. The fraction of sp³-hybridized carbons (Fsp3) is 0.286. The first-order valence-corrected chi connectivity index (χ1v) is 9.03. The van der Waals surface area contributed by atoms with Crippen LogP contribution in [0.2, 0.25) is 0 Å². The van der Waals surface area contributed by atoms with Crippen molar-refractivity contribution in [2.24, 2.45) is 0 Å². The number of halogens is 1. The highest BCUT2D eigenvalue weighted by atomic mass is 19.1. The summed E-state index contributed by atoms with van der Waals surface area (Å²) in [6.07, 6.45) is 1.84. The topological polar surface area (TPSA) is 74.8 Å². The summed E-state index contributed by atoms with van der Waals surface area (Å²) in [6.45, 7) is 1.85. The molecule has 0 bridgehead atoms. The monoisotopic (exact) mass is 367 g/mol. The number of hydrogen-bond acceptors (Lipinski definition) is 3. The predicted molar refractivity (Wildman–Crippen MR) is 103 cm³/mol. The third kappa shape index (κ3) is 5.00. The van der Waals surface area contributed by atoms with Crippen LogP contribution in [-0.4, -0.2) is 21.9 Å². The van der Waals surface area contributed by atoms with Crippen LogP contribution in [0.1, 0.15) is 31.2 Å². The molecular weight excluding hydrogens is 345 g/mol. The van der Waals surface area contributed by atoms with E-state index in [1.54, 1.807) is 36.4 Å². The molecular formula is C21H22FN3O2. The number of aryl methyl sites for hydroxylation is 1. The number of aromatic amines is 1. The van der Waals surface area contributed by atoms with Gasteiger partial charge in [0.2, 0.25) is 5.91 Å². The maximum atomic E-state index is 13.7.